The monoisotopic (exact) mass is 522 g/mol. The summed E-state index contributed by atoms with van der Waals surface area (Å²) in [4.78, 5) is 9.26. The van der Waals surface area contributed by atoms with Crippen LogP contribution in [-0.4, -0.2) is 16.0 Å². The van der Waals surface area contributed by atoms with Gasteiger partial charge in [-0.15, -0.1) is 0 Å². The standard InChI is InChI=1S/C25H30BrF3N4/c1-15-32-22-19(14-30-17-8-11-25(2,12-9-17)10-4-7-20(22)26)24(33-15)31-13-16-5-3-6-18(21(16)27)23(28)29/h3,5-6,14,17,23,30H,4,7-13H2,1-2H3,(H,31,32,33)/b19-14-,22-20-. The van der Waals surface area contributed by atoms with Gasteiger partial charge >= 0.3 is 0 Å². The molecule has 33 heavy (non-hydrogen) atoms. The Kier molecular flexibility index (Phi) is 7.31. The number of benzene rings is 1. The maximum absolute atomic E-state index is 14.6. The van der Waals surface area contributed by atoms with E-state index in [2.05, 4.69) is 38.5 Å². The van der Waals surface area contributed by atoms with Crippen molar-refractivity contribution in [2.24, 2.45) is 5.41 Å². The Labute approximate surface area is 200 Å². The van der Waals surface area contributed by atoms with Crippen molar-refractivity contribution in [3.8, 4) is 0 Å². The quantitative estimate of drug-likeness (QED) is 0.561. The highest BCUT2D eigenvalue weighted by Gasteiger charge is 2.30. The van der Waals surface area contributed by atoms with Gasteiger partial charge in [-0.05, 0) is 57.3 Å². The average molecular weight is 523 g/mol. The fraction of sp³-hybridized carbons (Fsp3) is 0.520. The van der Waals surface area contributed by atoms with Crippen LogP contribution in [0.15, 0.2) is 18.2 Å². The molecule has 0 spiro atoms. The van der Waals surface area contributed by atoms with Crippen LogP contribution in [0, 0.1) is 18.2 Å². The zero-order chi connectivity index (χ0) is 23.6. The summed E-state index contributed by atoms with van der Waals surface area (Å²) in [6.07, 6.45) is 6.89. The lowest BCUT2D eigenvalue weighted by Gasteiger charge is -2.38. The van der Waals surface area contributed by atoms with Gasteiger partial charge in [-0.25, -0.2) is 23.1 Å². The van der Waals surface area contributed by atoms with Crippen LogP contribution in [0.5, 0.6) is 0 Å². The zero-order valence-electron chi connectivity index (χ0n) is 19.0. The number of fused-ring (bicyclic) bond motifs is 6. The molecule has 2 bridgehead atoms. The Morgan fingerprint density at radius 1 is 1.21 bits per heavy atom. The van der Waals surface area contributed by atoms with Gasteiger partial charge in [0.05, 0.1) is 16.1 Å². The summed E-state index contributed by atoms with van der Waals surface area (Å²) in [5.41, 5.74) is -0.00999. The smallest absolute Gasteiger partial charge is 0.266 e. The molecule has 0 unspecified atom stereocenters. The highest BCUT2D eigenvalue weighted by atomic mass is 79.9. The first-order valence-corrected chi connectivity index (χ1v) is 12.3. The van der Waals surface area contributed by atoms with E-state index in [9.17, 15) is 13.2 Å². The number of halogens is 4. The molecule has 0 atom stereocenters. The van der Waals surface area contributed by atoms with Crippen molar-refractivity contribution in [2.45, 2.75) is 77.8 Å². The van der Waals surface area contributed by atoms with Crippen LogP contribution in [-0.2, 0) is 6.54 Å². The second-order valence-electron chi connectivity index (χ2n) is 9.51. The van der Waals surface area contributed by atoms with Crippen molar-refractivity contribution < 1.29 is 13.2 Å². The average Bonchev–Trinajstić information content (AvgIpc) is 2.77. The van der Waals surface area contributed by atoms with Gasteiger partial charge in [-0.2, -0.15) is 0 Å². The molecule has 178 valence electrons. The summed E-state index contributed by atoms with van der Waals surface area (Å²) in [5.74, 6) is 0.264. The molecule has 1 aromatic heterocycles. The van der Waals surface area contributed by atoms with Crippen LogP contribution in [0.4, 0.5) is 19.0 Å². The summed E-state index contributed by atoms with van der Waals surface area (Å²) in [6.45, 7) is 4.26. The van der Waals surface area contributed by atoms with E-state index in [0.717, 1.165) is 46.8 Å². The molecule has 1 saturated carbocycles. The zero-order valence-corrected chi connectivity index (χ0v) is 20.6. The maximum Gasteiger partial charge on any atom is 0.266 e. The molecule has 1 aromatic carbocycles. The van der Waals surface area contributed by atoms with Crippen LogP contribution >= 0.6 is 15.9 Å². The number of alkyl halides is 2. The molecule has 0 saturated heterocycles. The molecule has 4 nitrogen and oxygen atoms in total. The second-order valence-corrected chi connectivity index (χ2v) is 10.5. The molecule has 5 rings (SSSR count). The van der Waals surface area contributed by atoms with Crippen molar-refractivity contribution in [3.05, 3.63) is 51.5 Å². The number of hydrogen-bond acceptors (Lipinski definition) is 4. The predicted octanol–water partition coefficient (Wildman–Crippen LogP) is 5.44. The summed E-state index contributed by atoms with van der Waals surface area (Å²) in [6, 6.07) is 4.47. The van der Waals surface area contributed by atoms with Gasteiger partial charge < -0.3 is 10.6 Å². The highest BCUT2D eigenvalue weighted by Crippen LogP contribution is 2.40. The Bertz CT molecular complexity index is 1130. The first-order valence-electron chi connectivity index (χ1n) is 11.5. The molecule has 1 fully saturated rings. The van der Waals surface area contributed by atoms with Crippen LogP contribution in [0.3, 0.4) is 0 Å². The number of nitrogens with one attached hydrogen (secondary N) is 2. The van der Waals surface area contributed by atoms with Crippen molar-refractivity contribution in [1.29, 1.82) is 0 Å². The van der Waals surface area contributed by atoms with E-state index in [0.29, 0.717) is 23.1 Å². The van der Waals surface area contributed by atoms with Gasteiger partial charge in [0.15, 0.2) is 0 Å². The third-order valence-electron chi connectivity index (χ3n) is 6.94. The minimum atomic E-state index is -2.85. The minimum Gasteiger partial charge on any atom is -0.388 e. The molecule has 2 aliphatic heterocycles. The van der Waals surface area contributed by atoms with Crippen LogP contribution in [0.25, 0.3) is 10.7 Å². The van der Waals surface area contributed by atoms with Gasteiger partial charge in [0.25, 0.3) is 6.43 Å². The van der Waals surface area contributed by atoms with E-state index in [1.54, 1.807) is 0 Å². The van der Waals surface area contributed by atoms with Crippen molar-refractivity contribution in [3.63, 3.8) is 0 Å². The molecule has 0 amide bonds. The van der Waals surface area contributed by atoms with E-state index in [-0.39, 0.29) is 12.1 Å². The fourth-order valence-electron chi connectivity index (χ4n) is 4.86. The van der Waals surface area contributed by atoms with Crippen molar-refractivity contribution >= 4 is 32.4 Å². The van der Waals surface area contributed by atoms with E-state index < -0.39 is 17.8 Å². The van der Waals surface area contributed by atoms with Gasteiger partial charge in [-0.1, -0.05) is 41.1 Å². The normalized spacial score (nSPS) is 25.9. The summed E-state index contributed by atoms with van der Waals surface area (Å²) >= 11 is 3.76. The lowest BCUT2D eigenvalue weighted by Crippen LogP contribution is -2.40. The maximum atomic E-state index is 14.6. The lowest BCUT2D eigenvalue weighted by molar-refractivity contribution is 0.146. The molecule has 2 aromatic rings. The Balaban J connectivity index is 1.72. The third kappa shape index (κ3) is 5.53. The largest absolute Gasteiger partial charge is 0.388 e. The Morgan fingerprint density at radius 3 is 2.70 bits per heavy atom. The topological polar surface area (TPSA) is 49.8 Å². The lowest BCUT2D eigenvalue weighted by atomic mass is 9.71. The number of hydrogen-bond donors (Lipinski definition) is 2. The molecular weight excluding hydrogens is 493 g/mol. The predicted molar refractivity (Wildman–Crippen MR) is 129 cm³/mol. The minimum absolute atomic E-state index is 0.0442. The SMILES string of the molecule is Cc1nc(NCc2cccc(C(F)F)c2F)c2/c(n1)=C(/Br)CCCC1(C)CCC(CC1)N/C=2. The number of anilines is 1. The first-order chi connectivity index (χ1) is 15.8. The number of aromatic nitrogens is 2. The molecule has 0 radical (unpaired) electrons. The molecule has 1 aliphatic carbocycles. The summed E-state index contributed by atoms with van der Waals surface area (Å²) in [5, 5.41) is 8.34. The third-order valence-corrected chi connectivity index (χ3v) is 7.71. The number of rotatable bonds is 4. The first kappa shape index (κ1) is 24.0. The summed E-state index contributed by atoms with van der Waals surface area (Å²) in [7, 11) is 0. The molecule has 3 aliphatic rings. The molecule has 8 heteroatoms. The van der Waals surface area contributed by atoms with Gasteiger partial charge in [0.1, 0.15) is 17.5 Å². The summed E-state index contributed by atoms with van der Waals surface area (Å²) < 4.78 is 41.8. The van der Waals surface area contributed by atoms with E-state index >= 15 is 0 Å². The molecular formula is C25H30BrF3N4. The second kappa shape index (κ2) is 10.0. The Hall–Kier alpha value is -2.09. The van der Waals surface area contributed by atoms with E-state index in [4.69, 9.17) is 4.98 Å². The number of nitrogens with zero attached hydrogens (tertiary/aromatic N) is 2. The van der Waals surface area contributed by atoms with Gasteiger partial charge in [-0.3, -0.25) is 0 Å². The molecule has 2 N–H and O–H groups in total. The van der Waals surface area contributed by atoms with Crippen molar-refractivity contribution in [2.75, 3.05) is 5.32 Å². The van der Waals surface area contributed by atoms with E-state index in [1.807, 2.05) is 13.1 Å². The van der Waals surface area contributed by atoms with Crippen molar-refractivity contribution in [1.82, 2.24) is 15.3 Å². The highest BCUT2D eigenvalue weighted by molar-refractivity contribution is 9.14. The van der Waals surface area contributed by atoms with Crippen LogP contribution < -0.4 is 21.2 Å². The van der Waals surface area contributed by atoms with Crippen LogP contribution in [0.1, 0.15) is 75.2 Å². The number of aryl methyl sites for hydroxylation is 1. The van der Waals surface area contributed by atoms with E-state index in [1.165, 1.54) is 31.4 Å². The molecule has 3 heterocycles. The Morgan fingerprint density at radius 2 is 1.97 bits per heavy atom. The van der Waals surface area contributed by atoms with Crippen LogP contribution in [0.2, 0.25) is 0 Å². The van der Waals surface area contributed by atoms with Gasteiger partial charge in [0, 0.05) is 28.8 Å². The van der Waals surface area contributed by atoms with Gasteiger partial charge in [0.2, 0.25) is 0 Å². The fourth-order valence-corrected chi connectivity index (χ4v) is 5.45.